The van der Waals surface area contributed by atoms with E-state index in [0.29, 0.717) is 42.3 Å². The van der Waals surface area contributed by atoms with Crippen molar-refractivity contribution in [3.63, 3.8) is 0 Å². The summed E-state index contributed by atoms with van der Waals surface area (Å²) in [7, 11) is 5.34. The first-order valence-corrected chi connectivity index (χ1v) is 11.6. The number of benzene rings is 2. The number of hydrogen-bond donors (Lipinski definition) is 1. The second kappa shape index (κ2) is 10.9. The van der Waals surface area contributed by atoms with Crippen LogP contribution in [0, 0.1) is 0 Å². The van der Waals surface area contributed by atoms with Gasteiger partial charge in [-0.2, -0.15) is 0 Å². The van der Waals surface area contributed by atoms with Gasteiger partial charge in [-0.1, -0.05) is 41.1 Å². The first kappa shape index (κ1) is 24.8. The lowest BCUT2D eigenvalue weighted by atomic mass is 9.95. The van der Waals surface area contributed by atoms with Crippen molar-refractivity contribution in [3.8, 4) is 11.5 Å². The molecule has 1 N–H and O–H groups in total. The van der Waals surface area contributed by atoms with Gasteiger partial charge < -0.3 is 24.4 Å². The lowest BCUT2D eigenvalue weighted by Crippen LogP contribution is -2.35. The lowest BCUT2D eigenvalue weighted by Gasteiger charge is -2.27. The topological polar surface area (TPSA) is 79.3 Å². The number of aliphatic hydroxyl groups is 1. The number of hydrogen-bond acceptors (Lipinski definition) is 6. The summed E-state index contributed by atoms with van der Waals surface area (Å²) in [6.07, 6.45) is 0.850. The van der Waals surface area contributed by atoms with Gasteiger partial charge in [-0.05, 0) is 50.3 Å². The van der Waals surface area contributed by atoms with Crippen LogP contribution in [-0.4, -0.2) is 67.5 Å². The van der Waals surface area contributed by atoms with E-state index < -0.39 is 17.7 Å². The number of ether oxygens (including phenoxy) is 2. The summed E-state index contributed by atoms with van der Waals surface area (Å²) in [5, 5.41) is 11.1. The number of ketones is 1. The highest BCUT2D eigenvalue weighted by atomic mass is 79.9. The number of carbonyl (C=O) groups excluding carboxylic acids is 2. The first-order chi connectivity index (χ1) is 15.8. The molecule has 0 aliphatic carbocycles. The predicted molar refractivity (Wildman–Crippen MR) is 130 cm³/mol. The molecule has 0 unspecified atom stereocenters. The number of Topliss-reactive ketones (excluding diaryl/α,β-unsaturated/α-hetero) is 1. The number of nitrogens with zero attached hydrogens (tertiary/aromatic N) is 2. The Hall–Kier alpha value is -2.84. The maximum Gasteiger partial charge on any atom is 0.295 e. The lowest BCUT2D eigenvalue weighted by molar-refractivity contribution is -0.140. The van der Waals surface area contributed by atoms with Gasteiger partial charge in [0.25, 0.3) is 11.7 Å². The van der Waals surface area contributed by atoms with Crippen molar-refractivity contribution in [1.82, 2.24) is 9.80 Å². The smallest absolute Gasteiger partial charge is 0.295 e. The second-order valence-corrected chi connectivity index (χ2v) is 8.98. The molecule has 0 aromatic heterocycles. The molecule has 1 aliphatic heterocycles. The third-order valence-electron chi connectivity index (χ3n) is 5.41. The van der Waals surface area contributed by atoms with E-state index in [4.69, 9.17) is 9.47 Å². The highest BCUT2D eigenvalue weighted by molar-refractivity contribution is 9.10. The third-order valence-corrected chi connectivity index (χ3v) is 5.94. The maximum absolute atomic E-state index is 13.1. The molecule has 3 rings (SSSR count). The van der Waals surface area contributed by atoms with Crippen molar-refractivity contribution < 1.29 is 24.2 Å². The van der Waals surface area contributed by atoms with Crippen LogP contribution in [0.5, 0.6) is 11.5 Å². The average Bonchev–Trinajstić information content (AvgIpc) is 3.06. The number of carbonyl (C=O) groups is 2. The van der Waals surface area contributed by atoms with Crippen molar-refractivity contribution in [2.75, 3.05) is 40.9 Å². The Bertz CT molecular complexity index is 1050. The van der Waals surface area contributed by atoms with Gasteiger partial charge in [0.15, 0.2) is 11.5 Å². The molecule has 1 aliphatic rings. The fourth-order valence-electron chi connectivity index (χ4n) is 3.71. The van der Waals surface area contributed by atoms with Gasteiger partial charge in [-0.3, -0.25) is 9.59 Å². The molecule has 0 bridgehead atoms. The number of rotatable bonds is 9. The highest BCUT2D eigenvalue weighted by Crippen LogP contribution is 2.42. The molecule has 1 fully saturated rings. The number of likely N-dealkylation sites (N-methyl/N-ethyl adjacent to an activating group) is 1. The number of methoxy groups -OCH3 is 1. The molecule has 8 heteroatoms. The summed E-state index contributed by atoms with van der Waals surface area (Å²) in [6.45, 7) is 3.45. The molecule has 176 valence electrons. The molecule has 0 saturated carbocycles. The Labute approximate surface area is 202 Å². The third kappa shape index (κ3) is 5.39. The van der Waals surface area contributed by atoms with Crippen LogP contribution < -0.4 is 9.47 Å². The van der Waals surface area contributed by atoms with Crippen molar-refractivity contribution in [2.24, 2.45) is 0 Å². The minimum Gasteiger partial charge on any atom is -0.507 e. The van der Waals surface area contributed by atoms with Gasteiger partial charge in [0.2, 0.25) is 0 Å². The van der Waals surface area contributed by atoms with Gasteiger partial charge in [0.05, 0.1) is 25.3 Å². The van der Waals surface area contributed by atoms with Crippen molar-refractivity contribution in [3.05, 3.63) is 63.6 Å². The molecule has 2 aromatic carbocycles. The SMILES string of the molecule is CCCOc1ccc([C@H]2C(=C(O)c3ccc(Br)cc3)C(=O)C(=O)N2CCN(C)C)cc1OC. The number of likely N-dealkylation sites (tertiary alicyclic amines) is 1. The quantitative estimate of drug-likeness (QED) is 0.305. The number of halogens is 1. The van der Waals surface area contributed by atoms with E-state index in [1.807, 2.05) is 32.0 Å². The summed E-state index contributed by atoms with van der Waals surface area (Å²) in [6, 6.07) is 11.5. The van der Waals surface area contributed by atoms with Crippen molar-refractivity contribution in [1.29, 1.82) is 0 Å². The van der Waals surface area contributed by atoms with Crippen LogP contribution in [0.15, 0.2) is 52.5 Å². The summed E-state index contributed by atoms with van der Waals surface area (Å²) >= 11 is 3.37. The molecule has 0 radical (unpaired) electrons. The van der Waals surface area contributed by atoms with E-state index in [-0.39, 0.29) is 11.3 Å². The van der Waals surface area contributed by atoms with E-state index in [1.165, 1.54) is 4.90 Å². The number of aliphatic hydroxyl groups excluding tert-OH is 1. The van der Waals surface area contributed by atoms with Gasteiger partial charge in [0.1, 0.15) is 5.76 Å². The first-order valence-electron chi connectivity index (χ1n) is 10.8. The molecular weight excluding hydrogens is 488 g/mol. The summed E-state index contributed by atoms with van der Waals surface area (Å²) in [4.78, 5) is 29.6. The normalized spacial score (nSPS) is 17.6. The zero-order valence-corrected chi connectivity index (χ0v) is 20.9. The summed E-state index contributed by atoms with van der Waals surface area (Å²) < 4.78 is 12.1. The Kier molecular flexibility index (Phi) is 8.15. The molecule has 1 atom stereocenters. The largest absolute Gasteiger partial charge is 0.507 e. The zero-order valence-electron chi connectivity index (χ0n) is 19.3. The monoisotopic (exact) mass is 516 g/mol. The Morgan fingerprint density at radius 3 is 2.42 bits per heavy atom. The fraction of sp³-hybridized carbons (Fsp3) is 0.360. The van der Waals surface area contributed by atoms with Gasteiger partial charge in [-0.15, -0.1) is 0 Å². The van der Waals surface area contributed by atoms with Crippen LogP contribution in [0.25, 0.3) is 5.76 Å². The molecule has 1 amide bonds. The Balaban J connectivity index is 2.14. The minimum atomic E-state index is -0.747. The molecule has 2 aromatic rings. The van der Waals surface area contributed by atoms with Crippen molar-refractivity contribution in [2.45, 2.75) is 19.4 Å². The highest BCUT2D eigenvalue weighted by Gasteiger charge is 2.46. The number of amides is 1. The minimum absolute atomic E-state index is 0.0605. The molecule has 1 heterocycles. The standard InChI is InChI=1S/C25H29BrN2O5/c1-5-14-33-19-11-8-17(15-20(19)32-4)22-21(23(29)16-6-9-18(26)10-7-16)24(30)25(31)28(22)13-12-27(2)3/h6-11,15,22,29H,5,12-14H2,1-4H3/t22-/m0/s1. The molecule has 33 heavy (non-hydrogen) atoms. The summed E-state index contributed by atoms with van der Waals surface area (Å²) in [5.41, 5.74) is 1.18. The van der Waals surface area contributed by atoms with Crippen LogP contribution in [0.4, 0.5) is 0 Å². The van der Waals surface area contributed by atoms with Crippen LogP contribution in [0.2, 0.25) is 0 Å². The summed E-state index contributed by atoms with van der Waals surface area (Å²) in [5.74, 6) is -0.456. The molecule has 7 nitrogen and oxygen atoms in total. The average molecular weight is 517 g/mol. The van der Waals surface area contributed by atoms with Gasteiger partial charge >= 0.3 is 0 Å². The van der Waals surface area contributed by atoms with Crippen molar-refractivity contribution >= 4 is 33.4 Å². The van der Waals surface area contributed by atoms with E-state index >= 15 is 0 Å². The Morgan fingerprint density at radius 1 is 1.12 bits per heavy atom. The van der Waals surface area contributed by atoms with Crippen LogP contribution in [0.3, 0.4) is 0 Å². The van der Waals surface area contributed by atoms with Gasteiger partial charge in [-0.25, -0.2) is 0 Å². The fourth-order valence-corrected chi connectivity index (χ4v) is 3.98. The maximum atomic E-state index is 13.1. The van der Waals surface area contributed by atoms with E-state index in [2.05, 4.69) is 15.9 Å². The van der Waals surface area contributed by atoms with E-state index in [9.17, 15) is 14.7 Å². The van der Waals surface area contributed by atoms with Gasteiger partial charge in [0, 0.05) is 23.1 Å². The second-order valence-electron chi connectivity index (χ2n) is 8.06. The van der Waals surface area contributed by atoms with E-state index in [0.717, 1.165) is 10.9 Å². The van der Waals surface area contributed by atoms with Crippen LogP contribution in [0.1, 0.15) is 30.5 Å². The molecule has 1 saturated heterocycles. The Morgan fingerprint density at radius 2 is 1.82 bits per heavy atom. The van der Waals surface area contributed by atoms with Crippen LogP contribution >= 0.6 is 15.9 Å². The molecular formula is C25H29BrN2O5. The van der Waals surface area contributed by atoms with E-state index in [1.54, 1.807) is 43.5 Å². The van der Waals surface area contributed by atoms with Crippen LogP contribution in [-0.2, 0) is 9.59 Å². The predicted octanol–water partition coefficient (Wildman–Crippen LogP) is 4.23. The zero-order chi connectivity index (χ0) is 24.1. The molecule has 0 spiro atoms.